The molecule has 277 valence electrons. The molecule has 0 fully saturated rings. The molecule has 1 radical (unpaired) electrons. The summed E-state index contributed by atoms with van der Waals surface area (Å²) in [4.78, 5) is 21.7. The number of nitrogens with zero attached hydrogens (tertiary/aromatic N) is 2. The number of carbonyl (C=O) groups is 1. The zero-order valence-corrected chi connectivity index (χ0v) is 36.5. The summed E-state index contributed by atoms with van der Waals surface area (Å²) >= 11 is 0. The van der Waals surface area contributed by atoms with Crippen LogP contribution in [0.3, 0.4) is 0 Å². The van der Waals surface area contributed by atoms with Gasteiger partial charge in [0.15, 0.2) is 5.78 Å². The van der Waals surface area contributed by atoms with Crippen LogP contribution in [0, 0.1) is 37.7 Å². The first-order chi connectivity index (χ1) is 24.0. The van der Waals surface area contributed by atoms with Gasteiger partial charge in [-0.25, -0.2) is 4.98 Å². The van der Waals surface area contributed by atoms with Crippen molar-refractivity contribution < 1.29 is 34.4 Å². The second kappa shape index (κ2) is 15.8. The van der Waals surface area contributed by atoms with Crippen molar-refractivity contribution in [2.75, 3.05) is 0 Å². The Labute approximate surface area is 324 Å². The predicted molar refractivity (Wildman–Crippen MR) is 219 cm³/mol. The third kappa shape index (κ3) is 7.42. The number of benzene rings is 4. The number of aliphatic hydroxyl groups excluding tert-OH is 1. The van der Waals surface area contributed by atoms with Crippen LogP contribution in [-0.4, -0.2) is 28.9 Å². The number of aliphatic hydroxyl groups is 1. The standard InChI is InChI=1S/C30H27N2OSi.C15H28O2.Ir/c1-17-11-13-23(29-25(17)21-9-7-8-10-24(21)33-29)27-22-14-12-20-15-18(2)30(34(4,5)6)19(3)26(20)28(22)32-16-31-27;1-7-14(5,8-2)12(16)11-13(17)15(6,9-3)10-4;/h7-12,14-16H,1-6H3;11,16H,7-10H2,1-6H3;/q-1;;/b;12-11-;. The first kappa shape index (κ1) is 41.1. The van der Waals surface area contributed by atoms with E-state index in [-0.39, 0.29) is 42.5 Å². The molecule has 0 unspecified atom stereocenters. The molecule has 6 rings (SSSR count). The minimum atomic E-state index is -1.53. The number of para-hydroxylation sites is 1. The number of fused-ring (bicyclic) bond motifs is 6. The summed E-state index contributed by atoms with van der Waals surface area (Å²) in [6.45, 7) is 26.0. The minimum Gasteiger partial charge on any atom is -0.512 e. The molecule has 52 heavy (non-hydrogen) atoms. The molecule has 0 aliphatic rings. The van der Waals surface area contributed by atoms with Crippen molar-refractivity contribution in [3.05, 3.63) is 89.5 Å². The Kier molecular flexibility index (Phi) is 12.5. The van der Waals surface area contributed by atoms with Gasteiger partial charge in [-0.3, -0.25) is 9.78 Å². The van der Waals surface area contributed by atoms with Crippen LogP contribution >= 0.6 is 0 Å². The van der Waals surface area contributed by atoms with E-state index in [4.69, 9.17) is 14.4 Å². The number of hydrogen-bond donors (Lipinski definition) is 1. The van der Waals surface area contributed by atoms with Crippen molar-refractivity contribution in [3.63, 3.8) is 0 Å². The number of aryl methyl sites for hydroxylation is 3. The monoisotopic (exact) mass is 892 g/mol. The van der Waals surface area contributed by atoms with Crippen molar-refractivity contribution in [3.8, 4) is 11.3 Å². The second-order valence-corrected chi connectivity index (χ2v) is 20.8. The van der Waals surface area contributed by atoms with Crippen molar-refractivity contribution >= 4 is 62.7 Å². The van der Waals surface area contributed by atoms with Crippen LogP contribution in [0.15, 0.2) is 71.1 Å². The van der Waals surface area contributed by atoms with Crippen LogP contribution in [0.25, 0.3) is 54.9 Å². The summed E-state index contributed by atoms with van der Waals surface area (Å²) < 4.78 is 6.37. The maximum Gasteiger partial charge on any atom is 0.164 e. The van der Waals surface area contributed by atoms with Crippen LogP contribution in [0.4, 0.5) is 0 Å². The Morgan fingerprint density at radius 1 is 0.865 bits per heavy atom. The van der Waals surface area contributed by atoms with Gasteiger partial charge in [-0.05, 0) is 61.9 Å². The third-order valence-electron chi connectivity index (χ3n) is 11.6. The van der Waals surface area contributed by atoms with Crippen LogP contribution in [0.5, 0.6) is 0 Å². The van der Waals surface area contributed by atoms with E-state index < -0.39 is 8.07 Å². The van der Waals surface area contributed by atoms with E-state index in [9.17, 15) is 9.90 Å². The molecule has 0 saturated carbocycles. The summed E-state index contributed by atoms with van der Waals surface area (Å²) in [5.74, 6) is 0.286. The summed E-state index contributed by atoms with van der Waals surface area (Å²) in [6, 6.07) is 20.4. The van der Waals surface area contributed by atoms with Crippen molar-refractivity contribution in [2.45, 2.75) is 108 Å². The maximum absolute atomic E-state index is 12.2. The molecule has 4 aromatic carbocycles. The summed E-state index contributed by atoms with van der Waals surface area (Å²) in [6.07, 6.45) is 6.44. The topological polar surface area (TPSA) is 76.2 Å². The van der Waals surface area contributed by atoms with Gasteiger partial charge in [-0.1, -0.05) is 126 Å². The van der Waals surface area contributed by atoms with E-state index in [2.05, 4.69) is 76.8 Å². The van der Waals surface area contributed by atoms with Gasteiger partial charge < -0.3 is 9.52 Å². The molecule has 0 aliphatic carbocycles. The molecule has 0 atom stereocenters. The fraction of sp³-hybridized carbons (Fsp3) is 0.400. The first-order valence-electron chi connectivity index (χ1n) is 18.5. The summed E-state index contributed by atoms with van der Waals surface area (Å²) in [5.41, 5.74) is 7.76. The van der Waals surface area contributed by atoms with E-state index in [0.717, 1.165) is 75.3 Å². The van der Waals surface area contributed by atoms with Gasteiger partial charge >= 0.3 is 0 Å². The molecule has 1 N–H and O–H groups in total. The third-order valence-corrected chi connectivity index (χ3v) is 13.9. The number of rotatable bonds is 9. The smallest absolute Gasteiger partial charge is 0.164 e. The Balaban J connectivity index is 0.000000289. The molecule has 0 saturated heterocycles. The Hall–Kier alpha value is -3.64. The van der Waals surface area contributed by atoms with Gasteiger partial charge in [0.1, 0.15) is 17.7 Å². The Bertz CT molecular complexity index is 2290. The van der Waals surface area contributed by atoms with E-state index in [1.54, 1.807) is 6.33 Å². The fourth-order valence-electron chi connectivity index (χ4n) is 7.53. The number of hydrogen-bond acceptors (Lipinski definition) is 5. The predicted octanol–water partition coefficient (Wildman–Crippen LogP) is 12.3. The van der Waals surface area contributed by atoms with Gasteiger partial charge in [0, 0.05) is 53.5 Å². The van der Waals surface area contributed by atoms with Gasteiger partial charge in [-0.15, -0.1) is 17.7 Å². The minimum absolute atomic E-state index is 0. The van der Waals surface area contributed by atoms with E-state index >= 15 is 0 Å². The Morgan fingerprint density at radius 2 is 1.50 bits per heavy atom. The van der Waals surface area contributed by atoms with Gasteiger partial charge in [-0.2, -0.15) is 0 Å². The van der Waals surface area contributed by atoms with Gasteiger partial charge in [0.2, 0.25) is 0 Å². The SMILES string of the molecule is CCC(C)(CC)C(=O)/C=C(\O)C(C)(CC)CC.Cc1cc2ccc3c(-c4[c-]cc(C)c5c4oc4ccccc45)ncnc3c2c(C)c1[Si](C)(C)C.[Ir]. The molecule has 7 heteroatoms. The largest absolute Gasteiger partial charge is 0.512 e. The average molecular weight is 892 g/mol. The van der Waals surface area contributed by atoms with Crippen LogP contribution in [-0.2, 0) is 24.9 Å². The van der Waals surface area contributed by atoms with Crippen molar-refractivity contribution in [1.82, 2.24) is 9.97 Å². The molecule has 0 amide bonds. The zero-order valence-electron chi connectivity index (χ0n) is 33.1. The van der Waals surface area contributed by atoms with E-state index in [0.29, 0.717) is 0 Å². The molecular weight excluding hydrogens is 837 g/mol. The normalized spacial score (nSPS) is 12.7. The number of allylic oxidation sites excluding steroid dienone is 2. The second-order valence-electron chi connectivity index (χ2n) is 15.8. The van der Waals surface area contributed by atoms with Crippen molar-refractivity contribution in [1.29, 1.82) is 0 Å². The molecular formula is C45H55IrN2O3Si-. The van der Waals surface area contributed by atoms with Crippen LogP contribution in [0.2, 0.25) is 19.6 Å². The summed E-state index contributed by atoms with van der Waals surface area (Å²) in [5, 5.41) is 17.4. The average Bonchev–Trinajstić information content (AvgIpc) is 3.50. The van der Waals surface area contributed by atoms with E-state index in [1.165, 1.54) is 33.2 Å². The van der Waals surface area contributed by atoms with Crippen LogP contribution < -0.4 is 5.19 Å². The molecule has 0 spiro atoms. The zero-order chi connectivity index (χ0) is 37.5. The molecule has 2 aromatic heterocycles. The van der Waals surface area contributed by atoms with E-state index in [1.807, 2.05) is 59.7 Å². The molecule has 0 bridgehead atoms. The quantitative estimate of drug-likeness (QED) is 0.0514. The molecule has 6 aromatic rings. The number of furan rings is 1. The number of aromatic nitrogens is 2. The van der Waals surface area contributed by atoms with Gasteiger partial charge in [0.05, 0.1) is 19.2 Å². The first-order valence-corrected chi connectivity index (χ1v) is 22.0. The molecule has 5 nitrogen and oxygen atoms in total. The number of ketones is 1. The molecule has 2 heterocycles. The summed E-state index contributed by atoms with van der Waals surface area (Å²) in [7, 11) is -1.53. The van der Waals surface area contributed by atoms with Gasteiger partial charge in [0.25, 0.3) is 0 Å². The Morgan fingerprint density at radius 3 is 2.12 bits per heavy atom. The fourth-order valence-corrected chi connectivity index (χ4v) is 10.0. The van der Waals surface area contributed by atoms with Crippen molar-refractivity contribution in [2.24, 2.45) is 10.8 Å². The van der Waals surface area contributed by atoms with Crippen LogP contribution in [0.1, 0.15) is 83.9 Å². The molecule has 0 aliphatic heterocycles. The number of carbonyl (C=O) groups excluding carboxylic acids is 1. The maximum atomic E-state index is 12.2.